The maximum Gasteiger partial charge on any atom is 0.219 e. The zero-order chi connectivity index (χ0) is 13.0. The van der Waals surface area contributed by atoms with Gasteiger partial charge in [-0.2, -0.15) is 0 Å². The van der Waals surface area contributed by atoms with E-state index < -0.39 is 18.1 Å². The van der Waals surface area contributed by atoms with Crippen molar-refractivity contribution >= 4 is 5.91 Å². The smallest absolute Gasteiger partial charge is 0.219 e. The largest absolute Gasteiger partial charge is 0.389 e. The normalized spacial score (nSPS) is 27.3. The Bertz CT molecular complexity index is 396. The number of nitrogens with two attached hydrogens (primary N) is 1. The summed E-state index contributed by atoms with van der Waals surface area (Å²) in [7, 11) is 0. The Morgan fingerprint density at radius 3 is 2.83 bits per heavy atom. The van der Waals surface area contributed by atoms with Gasteiger partial charge in [-0.3, -0.25) is 4.79 Å². The van der Waals surface area contributed by atoms with Crippen molar-refractivity contribution in [1.82, 2.24) is 5.32 Å². The lowest BCUT2D eigenvalue weighted by Crippen LogP contribution is -2.38. The molecular formula is C13H18N2O3. The average Bonchev–Trinajstić information content (AvgIpc) is 2.68. The van der Waals surface area contributed by atoms with Crippen LogP contribution in [0.3, 0.4) is 0 Å². The van der Waals surface area contributed by atoms with E-state index in [9.17, 15) is 9.90 Å². The van der Waals surface area contributed by atoms with Gasteiger partial charge in [0.1, 0.15) is 6.10 Å². The second-order valence-corrected chi connectivity index (χ2v) is 4.51. The molecule has 3 atom stereocenters. The maximum absolute atomic E-state index is 10.9. The van der Waals surface area contributed by atoms with Crippen molar-refractivity contribution in [2.75, 3.05) is 6.54 Å². The van der Waals surface area contributed by atoms with E-state index in [4.69, 9.17) is 10.5 Å². The molecule has 0 bridgehead atoms. The molecule has 4 N–H and O–H groups in total. The minimum Gasteiger partial charge on any atom is -0.389 e. The van der Waals surface area contributed by atoms with Crippen LogP contribution in [0.2, 0.25) is 0 Å². The summed E-state index contributed by atoms with van der Waals surface area (Å²) in [6.45, 7) is 0.844. The minimum absolute atomic E-state index is 0.177. The van der Waals surface area contributed by atoms with Crippen LogP contribution in [-0.2, 0) is 16.1 Å². The molecule has 18 heavy (non-hydrogen) atoms. The van der Waals surface area contributed by atoms with Gasteiger partial charge in [-0.05, 0) is 5.56 Å². The van der Waals surface area contributed by atoms with Gasteiger partial charge < -0.3 is 20.9 Å². The van der Waals surface area contributed by atoms with E-state index in [2.05, 4.69) is 5.32 Å². The van der Waals surface area contributed by atoms with Crippen LogP contribution >= 0.6 is 0 Å². The molecule has 1 amide bonds. The van der Waals surface area contributed by atoms with E-state index in [0.29, 0.717) is 13.2 Å². The summed E-state index contributed by atoms with van der Waals surface area (Å²) >= 11 is 0. The molecule has 0 radical (unpaired) electrons. The van der Waals surface area contributed by atoms with E-state index >= 15 is 0 Å². The molecule has 1 heterocycles. The first-order chi connectivity index (χ1) is 8.66. The van der Waals surface area contributed by atoms with Gasteiger partial charge >= 0.3 is 0 Å². The molecule has 0 aliphatic carbocycles. The van der Waals surface area contributed by atoms with Crippen LogP contribution in [0.1, 0.15) is 12.0 Å². The molecular weight excluding hydrogens is 232 g/mol. The molecule has 1 aliphatic heterocycles. The highest BCUT2D eigenvalue weighted by Gasteiger charge is 2.36. The Morgan fingerprint density at radius 1 is 1.44 bits per heavy atom. The van der Waals surface area contributed by atoms with Gasteiger partial charge in [0.2, 0.25) is 5.91 Å². The SMILES string of the molecule is NC(=O)C[C@@H]1NC[C@@H](O)[C@H]1OCc1ccccc1. The molecule has 0 spiro atoms. The minimum atomic E-state index is -0.599. The van der Waals surface area contributed by atoms with E-state index in [1.165, 1.54) is 0 Å². The number of primary amides is 1. The number of aliphatic hydroxyl groups is 1. The summed E-state index contributed by atoms with van der Waals surface area (Å²) in [5, 5.41) is 12.9. The van der Waals surface area contributed by atoms with E-state index in [0.717, 1.165) is 5.56 Å². The first kappa shape index (κ1) is 13.0. The molecule has 1 aliphatic rings. The van der Waals surface area contributed by atoms with E-state index in [-0.39, 0.29) is 12.5 Å². The Labute approximate surface area is 106 Å². The lowest BCUT2D eigenvalue weighted by Gasteiger charge is -2.21. The third kappa shape index (κ3) is 3.29. The van der Waals surface area contributed by atoms with Crippen molar-refractivity contribution in [2.24, 2.45) is 5.73 Å². The fourth-order valence-corrected chi connectivity index (χ4v) is 2.17. The van der Waals surface area contributed by atoms with Crippen LogP contribution in [0.15, 0.2) is 30.3 Å². The van der Waals surface area contributed by atoms with Crippen LogP contribution < -0.4 is 11.1 Å². The quantitative estimate of drug-likeness (QED) is 0.674. The van der Waals surface area contributed by atoms with Crippen molar-refractivity contribution in [3.05, 3.63) is 35.9 Å². The van der Waals surface area contributed by atoms with Crippen LogP contribution in [0.4, 0.5) is 0 Å². The molecule has 98 valence electrons. The summed E-state index contributed by atoms with van der Waals surface area (Å²) in [6.07, 6.45) is -0.813. The van der Waals surface area contributed by atoms with Crippen molar-refractivity contribution < 1.29 is 14.6 Å². The number of β-amino-alcohol motifs (C(OH)–C–C–N with tert-alkyl or cyclic N) is 1. The van der Waals surface area contributed by atoms with Crippen molar-refractivity contribution in [2.45, 2.75) is 31.3 Å². The first-order valence-electron chi connectivity index (χ1n) is 6.02. The number of nitrogens with one attached hydrogen (secondary N) is 1. The number of aliphatic hydroxyl groups excluding tert-OH is 1. The molecule has 2 rings (SSSR count). The number of hydrogen-bond donors (Lipinski definition) is 3. The highest BCUT2D eigenvalue weighted by atomic mass is 16.5. The summed E-state index contributed by atoms with van der Waals surface area (Å²) in [5.74, 6) is -0.394. The lowest BCUT2D eigenvalue weighted by atomic mass is 10.1. The second-order valence-electron chi connectivity index (χ2n) is 4.51. The Hall–Kier alpha value is -1.43. The van der Waals surface area contributed by atoms with Gasteiger partial charge in [0, 0.05) is 19.0 Å². The zero-order valence-corrected chi connectivity index (χ0v) is 10.1. The maximum atomic E-state index is 10.9. The monoisotopic (exact) mass is 250 g/mol. The highest BCUT2D eigenvalue weighted by Crippen LogP contribution is 2.17. The fourth-order valence-electron chi connectivity index (χ4n) is 2.17. The first-order valence-corrected chi connectivity index (χ1v) is 6.02. The van der Waals surface area contributed by atoms with E-state index in [1.54, 1.807) is 0 Å². The third-order valence-electron chi connectivity index (χ3n) is 3.07. The number of rotatable bonds is 5. The summed E-state index contributed by atoms with van der Waals surface area (Å²) < 4.78 is 5.69. The Morgan fingerprint density at radius 2 is 2.17 bits per heavy atom. The Balaban J connectivity index is 1.91. The lowest BCUT2D eigenvalue weighted by molar-refractivity contribution is -0.119. The second kappa shape index (κ2) is 5.95. The van der Waals surface area contributed by atoms with Crippen LogP contribution in [-0.4, -0.2) is 35.8 Å². The summed E-state index contributed by atoms with van der Waals surface area (Å²) in [6, 6.07) is 9.51. The molecule has 1 fully saturated rings. The van der Waals surface area contributed by atoms with E-state index in [1.807, 2.05) is 30.3 Å². The van der Waals surface area contributed by atoms with Crippen LogP contribution in [0.5, 0.6) is 0 Å². The number of carbonyl (C=O) groups is 1. The fraction of sp³-hybridized carbons (Fsp3) is 0.462. The zero-order valence-electron chi connectivity index (χ0n) is 10.1. The van der Waals surface area contributed by atoms with Gasteiger partial charge in [0.15, 0.2) is 0 Å². The van der Waals surface area contributed by atoms with Crippen molar-refractivity contribution in [3.8, 4) is 0 Å². The van der Waals surface area contributed by atoms with Gasteiger partial charge in [-0.15, -0.1) is 0 Å². The predicted molar refractivity (Wildman–Crippen MR) is 66.6 cm³/mol. The summed E-state index contributed by atoms with van der Waals surface area (Å²) in [4.78, 5) is 10.9. The molecule has 5 heteroatoms. The molecule has 1 aromatic rings. The van der Waals surface area contributed by atoms with Gasteiger partial charge in [-0.1, -0.05) is 30.3 Å². The number of benzene rings is 1. The van der Waals surface area contributed by atoms with Gasteiger partial charge in [0.05, 0.1) is 12.7 Å². The highest BCUT2D eigenvalue weighted by molar-refractivity contribution is 5.74. The van der Waals surface area contributed by atoms with Gasteiger partial charge in [-0.25, -0.2) is 0 Å². The number of amides is 1. The summed E-state index contributed by atoms with van der Waals surface area (Å²) in [5.41, 5.74) is 6.21. The van der Waals surface area contributed by atoms with Gasteiger partial charge in [0.25, 0.3) is 0 Å². The molecule has 0 saturated carbocycles. The van der Waals surface area contributed by atoms with Crippen LogP contribution in [0, 0.1) is 0 Å². The topological polar surface area (TPSA) is 84.6 Å². The molecule has 5 nitrogen and oxygen atoms in total. The van der Waals surface area contributed by atoms with Crippen LogP contribution in [0.25, 0.3) is 0 Å². The molecule has 1 aromatic carbocycles. The molecule has 0 unspecified atom stereocenters. The van der Waals surface area contributed by atoms with Crippen molar-refractivity contribution in [1.29, 1.82) is 0 Å². The standard InChI is InChI=1S/C13H18N2O3/c14-12(17)6-10-13(11(16)7-15-10)18-8-9-4-2-1-3-5-9/h1-5,10-11,13,15-16H,6-8H2,(H2,14,17)/t10-,11+,13-/m0/s1. The van der Waals surface area contributed by atoms with Crippen molar-refractivity contribution in [3.63, 3.8) is 0 Å². The molecule has 0 aromatic heterocycles. The molecule has 1 saturated heterocycles. The Kier molecular flexibility index (Phi) is 4.30. The third-order valence-corrected chi connectivity index (χ3v) is 3.07. The predicted octanol–water partition coefficient (Wildman–Crippen LogP) is -0.220. The number of ether oxygens (including phenoxy) is 1. The number of hydrogen-bond acceptors (Lipinski definition) is 4. The average molecular weight is 250 g/mol. The number of carbonyl (C=O) groups excluding carboxylic acids is 1.